The average molecular weight is 1300 g/mol. The minimum Gasteiger partial charge on any atom is -0.310 e. The predicted octanol–water partition coefficient (Wildman–Crippen LogP) is 26.0. The van der Waals surface area contributed by atoms with E-state index in [4.69, 9.17) is 0 Å². The molecule has 6 heteroatoms. The number of hydrogen-bond donors (Lipinski definition) is 0. The van der Waals surface area contributed by atoms with Crippen molar-refractivity contribution >= 4 is 121 Å². The van der Waals surface area contributed by atoms with Crippen LogP contribution in [0.1, 0.15) is 0 Å². The lowest BCUT2D eigenvalue weighted by Gasteiger charge is -2.28. The van der Waals surface area contributed by atoms with Crippen molar-refractivity contribution in [3.63, 3.8) is 0 Å². The number of hydrogen-bond acceptors (Lipinski definition) is 2. The topological polar surface area (TPSA) is 26.2 Å². The normalized spacial score (nSPS) is 11.7. The third-order valence-corrected chi connectivity index (χ3v) is 20.6. The molecule has 478 valence electrons. The van der Waals surface area contributed by atoms with Crippen molar-refractivity contribution in [3.05, 3.63) is 388 Å². The fourth-order valence-corrected chi connectivity index (χ4v) is 16.2. The SMILES string of the molecule is c1ccc(N(c2ccccc2)c2cc(-c3cc(-c4cc(-n5c6ccccc6c6ccccc65)cc(-n5c6ccccc6c6ccccc65)c4)cc(N(c4ccccc4)c4ccccc4)c3)cc(-c3cc(-n4c5ccccc5c5ccccc54)cc(-n4c5ccccc5c5ccccc54)c3)c2)cc1. The second-order valence-corrected chi connectivity index (χ2v) is 26.5. The van der Waals surface area contributed by atoms with Gasteiger partial charge in [-0.3, -0.25) is 0 Å². The van der Waals surface area contributed by atoms with Crippen molar-refractivity contribution in [3.8, 4) is 56.1 Å². The quantitative estimate of drug-likeness (QED) is 0.115. The molecular weight excluding hydrogens is 1240 g/mol. The number of rotatable bonds is 13. The zero-order chi connectivity index (χ0) is 67.2. The summed E-state index contributed by atoms with van der Waals surface area (Å²) in [6.45, 7) is 0. The van der Waals surface area contributed by atoms with E-state index in [-0.39, 0.29) is 0 Å². The summed E-state index contributed by atoms with van der Waals surface area (Å²) in [7, 11) is 0. The Hall–Kier alpha value is -13.7. The van der Waals surface area contributed by atoms with Gasteiger partial charge in [0.05, 0.1) is 44.1 Å². The fourth-order valence-electron chi connectivity index (χ4n) is 16.2. The molecule has 0 aliphatic carbocycles. The third-order valence-electron chi connectivity index (χ3n) is 20.6. The fraction of sp³-hybridized carbons (Fsp3) is 0. The molecule has 0 atom stereocenters. The van der Waals surface area contributed by atoms with Gasteiger partial charge in [0, 0.05) is 100.0 Å². The van der Waals surface area contributed by atoms with E-state index in [2.05, 4.69) is 416 Å². The Bertz CT molecular complexity index is 5680. The molecule has 0 spiro atoms. The molecule has 102 heavy (non-hydrogen) atoms. The molecule has 20 rings (SSSR count). The van der Waals surface area contributed by atoms with Gasteiger partial charge in [-0.05, 0) is 203 Å². The summed E-state index contributed by atoms with van der Waals surface area (Å²) in [5.41, 5.74) is 25.9. The first-order valence-corrected chi connectivity index (χ1v) is 35.0. The van der Waals surface area contributed by atoms with Gasteiger partial charge in [0.25, 0.3) is 0 Å². The second-order valence-electron chi connectivity index (χ2n) is 26.5. The molecule has 0 aliphatic rings. The van der Waals surface area contributed by atoms with Crippen LogP contribution in [0.5, 0.6) is 0 Å². The number of anilines is 6. The monoisotopic (exact) mass is 1300 g/mol. The van der Waals surface area contributed by atoms with Gasteiger partial charge < -0.3 is 28.1 Å². The van der Waals surface area contributed by atoms with Crippen LogP contribution in [-0.4, -0.2) is 18.3 Å². The lowest BCUT2D eigenvalue weighted by atomic mass is 9.93. The largest absolute Gasteiger partial charge is 0.310 e. The molecular formula is C96H64N6. The van der Waals surface area contributed by atoms with Gasteiger partial charge in [-0.15, -0.1) is 0 Å². The molecule has 0 amide bonds. The molecule has 4 aromatic heterocycles. The van der Waals surface area contributed by atoms with E-state index in [1.165, 1.54) is 43.1 Å². The molecule has 20 aromatic rings. The predicted molar refractivity (Wildman–Crippen MR) is 429 cm³/mol. The number of fused-ring (bicyclic) bond motifs is 12. The molecule has 0 bridgehead atoms. The zero-order valence-electron chi connectivity index (χ0n) is 55.6. The van der Waals surface area contributed by atoms with Crippen LogP contribution in [0.3, 0.4) is 0 Å². The highest BCUT2D eigenvalue weighted by Crippen LogP contribution is 2.47. The maximum atomic E-state index is 2.47. The van der Waals surface area contributed by atoms with Crippen LogP contribution in [0.15, 0.2) is 388 Å². The lowest BCUT2D eigenvalue weighted by Crippen LogP contribution is -2.11. The summed E-state index contributed by atoms with van der Waals surface area (Å²) in [5, 5.41) is 9.67. The van der Waals surface area contributed by atoms with E-state index in [0.29, 0.717) is 0 Å². The molecule has 16 aromatic carbocycles. The summed E-state index contributed by atoms with van der Waals surface area (Å²) in [6.07, 6.45) is 0. The van der Waals surface area contributed by atoms with Crippen LogP contribution >= 0.6 is 0 Å². The van der Waals surface area contributed by atoms with Gasteiger partial charge in [-0.2, -0.15) is 0 Å². The van der Waals surface area contributed by atoms with E-state index < -0.39 is 0 Å². The van der Waals surface area contributed by atoms with Crippen molar-refractivity contribution in [1.29, 1.82) is 0 Å². The molecule has 0 saturated carbocycles. The Morgan fingerprint density at radius 2 is 0.304 bits per heavy atom. The summed E-state index contributed by atoms with van der Waals surface area (Å²) < 4.78 is 9.87. The first kappa shape index (κ1) is 58.5. The maximum Gasteiger partial charge on any atom is 0.0541 e. The standard InChI is InChI=1S/C96H64N6/c1-5-29-71(30-6-1)97(72-31-7-2-8-32-72)75-55-65(53-67(57-75)69-59-77(99-89-45-21-13-37-81(89)82-38-14-22-46-90(82)99)63-78(60-69)100-91-47-23-15-39-83(91)84-40-16-24-48-92(84)100)66-54-68(58-76(56-66)98(73-33-9-3-10-34-73)74-35-11-4-12-36-74)70-61-79(101-93-49-25-17-41-85(93)86-42-18-26-50-94(86)101)64-80(62-70)102-95-51-27-19-43-87(95)88-44-20-28-52-96(88)102/h1-64H. The van der Waals surface area contributed by atoms with E-state index in [1.807, 2.05) is 0 Å². The lowest BCUT2D eigenvalue weighted by molar-refractivity contribution is 1.13. The number of nitrogens with zero attached hydrogens (tertiary/aromatic N) is 6. The van der Waals surface area contributed by atoms with E-state index >= 15 is 0 Å². The summed E-state index contributed by atoms with van der Waals surface area (Å²) >= 11 is 0. The number of para-hydroxylation sites is 12. The molecule has 0 radical (unpaired) electrons. The van der Waals surface area contributed by atoms with Crippen molar-refractivity contribution in [2.75, 3.05) is 9.80 Å². The van der Waals surface area contributed by atoms with Crippen LogP contribution in [0.25, 0.3) is 143 Å². The number of aromatic nitrogens is 4. The van der Waals surface area contributed by atoms with Crippen LogP contribution in [0, 0.1) is 0 Å². The molecule has 0 N–H and O–H groups in total. The highest BCUT2D eigenvalue weighted by atomic mass is 15.1. The van der Waals surface area contributed by atoms with Crippen molar-refractivity contribution in [2.45, 2.75) is 0 Å². The van der Waals surface area contributed by atoms with Gasteiger partial charge in [0.1, 0.15) is 0 Å². The van der Waals surface area contributed by atoms with E-state index in [1.54, 1.807) is 0 Å². The van der Waals surface area contributed by atoms with Gasteiger partial charge in [0.2, 0.25) is 0 Å². The first-order chi connectivity index (χ1) is 50.6. The van der Waals surface area contributed by atoms with Gasteiger partial charge in [-0.25, -0.2) is 0 Å². The molecule has 0 saturated heterocycles. The van der Waals surface area contributed by atoms with Crippen LogP contribution in [0.4, 0.5) is 34.1 Å². The molecule has 0 aliphatic heterocycles. The Kier molecular flexibility index (Phi) is 13.8. The van der Waals surface area contributed by atoms with E-state index in [9.17, 15) is 0 Å². The number of benzene rings is 16. The highest BCUT2D eigenvalue weighted by Gasteiger charge is 2.24. The van der Waals surface area contributed by atoms with E-state index in [0.717, 1.165) is 134 Å². The van der Waals surface area contributed by atoms with Gasteiger partial charge in [-0.1, -0.05) is 218 Å². The highest BCUT2D eigenvalue weighted by molar-refractivity contribution is 6.13. The molecule has 0 fully saturated rings. The van der Waals surface area contributed by atoms with Crippen LogP contribution in [0.2, 0.25) is 0 Å². The van der Waals surface area contributed by atoms with Crippen molar-refractivity contribution in [2.24, 2.45) is 0 Å². The summed E-state index contributed by atoms with van der Waals surface area (Å²) in [5.74, 6) is 0. The average Bonchev–Trinajstić information content (AvgIpc) is 1.56. The first-order valence-electron chi connectivity index (χ1n) is 35.0. The molecule has 0 unspecified atom stereocenters. The van der Waals surface area contributed by atoms with Gasteiger partial charge in [0.15, 0.2) is 0 Å². The minimum atomic E-state index is 1.01. The molecule has 4 heterocycles. The maximum absolute atomic E-state index is 2.47. The zero-order valence-corrected chi connectivity index (χ0v) is 55.6. The van der Waals surface area contributed by atoms with Crippen LogP contribution in [-0.2, 0) is 0 Å². The Labute approximate surface area is 590 Å². The second kappa shape index (κ2) is 24.1. The molecule has 6 nitrogen and oxygen atoms in total. The Morgan fingerprint density at radius 1 is 0.137 bits per heavy atom. The van der Waals surface area contributed by atoms with Gasteiger partial charge >= 0.3 is 0 Å². The minimum absolute atomic E-state index is 1.01. The Balaban J connectivity index is 0.899. The van der Waals surface area contributed by atoms with Crippen molar-refractivity contribution < 1.29 is 0 Å². The summed E-state index contributed by atoms with van der Waals surface area (Å²) in [6, 6.07) is 143. The smallest absolute Gasteiger partial charge is 0.0541 e. The van der Waals surface area contributed by atoms with Crippen LogP contribution < -0.4 is 9.80 Å². The summed E-state index contributed by atoms with van der Waals surface area (Å²) in [4.78, 5) is 4.83. The Morgan fingerprint density at radius 3 is 0.500 bits per heavy atom. The van der Waals surface area contributed by atoms with Crippen molar-refractivity contribution in [1.82, 2.24) is 18.3 Å². The third kappa shape index (κ3) is 9.72.